The number of aromatic nitrogens is 3. The van der Waals surface area contributed by atoms with Crippen LogP contribution in [0.25, 0.3) is 0 Å². The Hall–Kier alpha value is -4.01. The highest BCUT2D eigenvalue weighted by Crippen LogP contribution is 2.60. The van der Waals surface area contributed by atoms with Gasteiger partial charge in [-0.3, -0.25) is 4.79 Å². The van der Waals surface area contributed by atoms with E-state index >= 15 is 0 Å². The number of carbonyl (C=O) groups excluding carboxylic acids is 1. The Morgan fingerprint density at radius 3 is 2.54 bits per heavy atom. The van der Waals surface area contributed by atoms with Gasteiger partial charge in [-0.05, 0) is 129 Å². The monoisotopic (exact) mass is 782 g/mol. The van der Waals surface area contributed by atoms with Crippen LogP contribution in [0.2, 0.25) is 0 Å². The molecule has 56 heavy (non-hydrogen) atoms. The van der Waals surface area contributed by atoms with Crippen molar-refractivity contribution in [3.05, 3.63) is 71.0 Å². The Labute approximate surface area is 328 Å². The zero-order valence-corrected chi connectivity index (χ0v) is 32.8. The van der Waals surface area contributed by atoms with Crippen LogP contribution in [0.3, 0.4) is 0 Å². The minimum absolute atomic E-state index is 0.00433. The van der Waals surface area contributed by atoms with Crippen molar-refractivity contribution in [3.8, 4) is 11.6 Å². The van der Waals surface area contributed by atoms with Crippen LogP contribution in [0.15, 0.2) is 48.5 Å². The predicted molar refractivity (Wildman–Crippen MR) is 207 cm³/mol. The van der Waals surface area contributed by atoms with E-state index in [0.29, 0.717) is 43.0 Å². The molecule has 1 aromatic carbocycles. The van der Waals surface area contributed by atoms with Crippen LogP contribution in [0.1, 0.15) is 98.4 Å². The molecule has 1 amide bonds. The maximum absolute atomic E-state index is 12.4. The summed E-state index contributed by atoms with van der Waals surface area (Å²) in [5.41, 5.74) is 2.43. The summed E-state index contributed by atoms with van der Waals surface area (Å²) in [6, 6.07) is 13.2. The Morgan fingerprint density at radius 1 is 1.04 bits per heavy atom. The largest absolute Gasteiger partial charge is 0.508 e. The fraction of sp³-hybridized carbons (Fsp3) is 0.619. The third-order valence-corrected chi connectivity index (χ3v) is 12.3. The van der Waals surface area contributed by atoms with Gasteiger partial charge in [0.15, 0.2) is 11.5 Å². The van der Waals surface area contributed by atoms with Gasteiger partial charge in [0, 0.05) is 45.4 Å². The number of phenols is 1. The van der Waals surface area contributed by atoms with E-state index in [4.69, 9.17) is 9.47 Å². The number of likely N-dealkylation sites (N-methyl/N-ethyl adjacent to an activating group) is 1. The number of aliphatic hydroxyl groups excluding tert-OH is 1. The topological polar surface area (TPSA) is 133 Å². The van der Waals surface area contributed by atoms with Crippen LogP contribution in [-0.4, -0.2) is 101 Å². The molecular formula is C42H57F3N6O5. The van der Waals surface area contributed by atoms with E-state index in [1.54, 1.807) is 6.07 Å². The highest BCUT2D eigenvalue weighted by Gasteiger charge is 2.54. The Balaban J connectivity index is 0.000000143. The van der Waals surface area contributed by atoms with Gasteiger partial charge in [0.25, 0.3) is 5.91 Å². The standard InChI is InChI=1S/C18H24O2.C13H21N5O.C11H12F3NO2/c1-18-9-8-14-13-5-3-12(19)10-11(13)2-4-15(14)16(18)6-7-17(18)20;1-3-6-14-13(19)11-4-5-12(16-15-11)18-9-7-17(2)8-10-18;12-11(13,14)9-4-1-5-10(15-9)17-8-3-2-6-16-7-8/h3,5,10,14-17,19-20H,2,4,6-9H2,1H3;4-5H,3,6-10H2,1-2H3,(H,14,19);1,4-5,8H,2-3,6-7H2. The van der Waals surface area contributed by atoms with Crippen molar-refractivity contribution in [3.63, 3.8) is 0 Å². The van der Waals surface area contributed by atoms with Gasteiger partial charge in [0.1, 0.15) is 17.5 Å². The molecule has 6 atom stereocenters. The summed E-state index contributed by atoms with van der Waals surface area (Å²) in [5.74, 6) is 3.18. The van der Waals surface area contributed by atoms with Crippen LogP contribution in [0.4, 0.5) is 19.0 Å². The second-order valence-corrected chi connectivity index (χ2v) is 16.1. The second kappa shape index (κ2) is 18.5. The smallest absolute Gasteiger partial charge is 0.433 e. The average molecular weight is 783 g/mol. The summed E-state index contributed by atoms with van der Waals surface area (Å²) in [6.07, 6.45) is 4.67. The van der Waals surface area contributed by atoms with Gasteiger partial charge in [-0.1, -0.05) is 26.0 Å². The fourth-order valence-electron chi connectivity index (χ4n) is 9.13. The molecule has 2 saturated carbocycles. The number of hydrogen-bond acceptors (Lipinski definition) is 10. The molecule has 0 bridgehead atoms. The lowest BCUT2D eigenvalue weighted by molar-refractivity contribution is -0.141. The third kappa shape index (κ3) is 10.1. The number of halogens is 3. The fourth-order valence-corrected chi connectivity index (χ4v) is 9.13. The number of aromatic hydroxyl groups is 1. The lowest BCUT2D eigenvalue weighted by atomic mass is 9.55. The first-order chi connectivity index (χ1) is 26.9. The summed E-state index contributed by atoms with van der Waals surface area (Å²) in [4.78, 5) is 19.6. The quantitative estimate of drug-likeness (QED) is 0.250. The number of piperazine rings is 1. The zero-order chi connectivity index (χ0) is 39.9. The van der Waals surface area contributed by atoms with Gasteiger partial charge >= 0.3 is 6.18 Å². The number of aliphatic hydroxyl groups is 1. The third-order valence-electron chi connectivity index (χ3n) is 12.3. The van der Waals surface area contributed by atoms with E-state index < -0.39 is 11.9 Å². The molecule has 0 spiro atoms. The number of benzene rings is 1. The lowest BCUT2D eigenvalue weighted by Crippen LogP contribution is -2.44. The molecule has 8 rings (SSSR count). The summed E-state index contributed by atoms with van der Waals surface area (Å²) < 4.78 is 47.7. The number of carbonyl (C=O) groups is 1. The normalized spacial score (nSPS) is 27.3. The number of pyridine rings is 1. The van der Waals surface area contributed by atoms with Gasteiger partial charge in [-0.15, -0.1) is 10.2 Å². The molecule has 2 saturated heterocycles. The van der Waals surface area contributed by atoms with E-state index in [1.807, 2.05) is 25.1 Å². The van der Waals surface area contributed by atoms with Crippen molar-refractivity contribution in [1.29, 1.82) is 0 Å². The Bertz CT molecular complexity index is 1730. The summed E-state index contributed by atoms with van der Waals surface area (Å²) in [5, 5.41) is 31.0. The number of ether oxygens (including phenoxy) is 2. The minimum atomic E-state index is -4.44. The van der Waals surface area contributed by atoms with Crippen molar-refractivity contribution in [1.82, 2.24) is 25.4 Å². The van der Waals surface area contributed by atoms with E-state index in [1.165, 1.54) is 42.5 Å². The van der Waals surface area contributed by atoms with Gasteiger partial charge in [0.05, 0.1) is 12.7 Å². The minimum Gasteiger partial charge on any atom is -0.508 e. The summed E-state index contributed by atoms with van der Waals surface area (Å²) >= 11 is 0. The van der Waals surface area contributed by atoms with Crippen molar-refractivity contribution < 1.29 is 37.7 Å². The Morgan fingerprint density at radius 2 is 1.84 bits per heavy atom. The molecule has 4 heterocycles. The van der Waals surface area contributed by atoms with Crippen LogP contribution >= 0.6 is 0 Å². The lowest BCUT2D eigenvalue weighted by Gasteiger charge is -2.50. The SMILES string of the molecule is CC12CCC3c4ccc(O)cc4CCC3C1CCC2O.CCCNC(=O)c1ccc(N2CCN(C)CC2)nn1.FC(F)(F)c1cccc(OC2CCCOC2)n1. The molecule has 2 aliphatic heterocycles. The zero-order valence-electron chi connectivity index (χ0n) is 32.8. The molecule has 4 fully saturated rings. The summed E-state index contributed by atoms with van der Waals surface area (Å²) in [7, 11) is 2.12. The Kier molecular flexibility index (Phi) is 13.8. The highest BCUT2D eigenvalue weighted by molar-refractivity contribution is 5.92. The first-order valence-electron chi connectivity index (χ1n) is 20.2. The molecule has 3 N–H and O–H groups in total. The van der Waals surface area contributed by atoms with E-state index in [0.717, 1.165) is 82.5 Å². The molecule has 0 radical (unpaired) electrons. The van der Waals surface area contributed by atoms with Gasteiger partial charge < -0.3 is 34.8 Å². The number of nitrogens with zero attached hydrogens (tertiary/aromatic N) is 5. The van der Waals surface area contributed by atoms with Crippen molar-refractivity contribution in [2.75, 3.05) is 57.9 Å². The molecule has 3 aliphatic carbocycles. The number of anilines is 1. The summed E-state index contributed by atoms with van der Waals surface area (Å²) in [6.45, 7) is 10.0. The first kappa shape index (κ1) is 41.6. The van der Waals surface area contributed by atoms with Gasteiger partial charge in [-0.2, -0.15) is 13.2 Å². The van der Waals surface area contributed by atoms with Gasteiger partial charge in [0.2, 0.25) is 5.88 Å². The second-order valence-electron chi connectivity index (χ2n) is 16.1. The first-order valence-corrected chi connectivity index (χ1v) is 20.2. The average Bonchev–Trinajstić information content (AvgIpc) is 3.51. The van der Waals surface area contributed by atoms with E-state index in [9.17, 15) is 28.2 Å². The molecule has 14 heteroatoms. The number of alkyl halides is 3. The predicted octanol–water partition coefficient (Wildman–Crippen LogP) is 6.64. The van der Waals surface area contributed by atoms with Crippen LogP contribution < -0.4 is 15.0 Å². The number of fused-ring (bicyclic) bond motifs is 5. The maximum atomic E-state index is 12.4. The number of rotatable bonds is 6. The van der Waals surface area contributed by atoms with E-state index in [2.05, 4.69) is 50.3 Å². The molecule has 2 aromatic heterocycles. The number of nitrogens with one attached hydrogen (secondary N) is 1. The number of amides is 1. The van der Waals surface area contributed by atoms with Crippen LogP contribution in [0.5, 0.6) is 11.6 Å². The van der Waals surface area contributed by atoms with E-state index in [-0.39, 0.29) is 29.4 Å². The van der Waals surface area contributed by atoms with Crippen molar-refractivity contribution in [2.45, 2.75) is 95.9 Å². The molecule has 3 aromatic rings. The highest BCUT2D eigenvalue weighted by atomic mass is 19.4. The van der Waals surface area contributed by atoms with Gasteiger partial charge in [-0.25, -0.2) is 4.98 Å². The molecule has 5 aliphatic rings. The number of hydrogen-bond donors (Lipinski definition) is 3. The molecule has 11 nitrogen and oxygen atoms in total. The van der Waals surface area contributed by atoms with Crippen LogP contribution in [-0.2, 0) is 17.3 Å². The molecular weight excluding hydrogens is 725 g/mol. The molecule has 6 unspecified atom stereocenters. The van der Waals surface area contributed by atoms with Crippen molar-refractivity contribution in [2.24, 2.45) is 17.3 Å². The van der Waals surface area contributed by atoms with Crippen molar-refractivity contribution >= 4 is 11.7 Å². The number of aryl methyl sites for hydroxylation is 1. The maximum Gasteiger partial charge on any atom is 0.433 e. The molecule has 306 valence electrons. The number of phenolic OH excluding ortho intramolecular Hbond substituents is 1. The van der Waals surface area contributed by atoms with Crippen LogP contribution in [0, 0.1) is 17.3 Å².